The van der Waals surface area contributed by atoms with Gasteiger partial charge in [-0.05, 0) is 38.1 Å². The van der Waals surface area contributed by atoms with Gasteiger partial charge in [-0.15, -0.1) is 0 Å². The van der Waals surface area contributed by atoms with Gasteiger partial charge in [-0.3, -0.25) is 4.57 Å². The number of nitrogens with zero attached hydrogens (tertiary/aromatic N) is 1. The third kappa shape index (κ3) is 1.80. The van der Waals surface area contributed by atoms with E-state index in [1.54, 1.807) is 7.11 Å². The normalized spacial score (nSPS) is 17.2. The number of fused-ring (bicyclic) bond motifs is 1. The molecule has 1 fully saturated rings. The molecule has 0 aliphatic carbocycles. The second kappa shape index (κ2) is 4.49. The third-order valence-electron chi connectivity index (χ3n) is 3.60. The number of nitrogens with one attached hydrogen (secondary N) is 2. The molecule has 2 heterocycles. The fraction of sp³-hybridized carbons (Fsp3) is 0.462. The van der Waals surface area contributed by atoms with E-state index >= 15 is 0 Å². The fourth-order valence-electron chi connectivity index (χ4n) is 2.66. The molecule has 96 valence electrons. The molecule has 5 heteroatoms. The summed E-state index contributed by atoms with van der Waals surface area (Å²) in [5.41, 5.74) is 1.79. The second-order valence-corrected chi connectivity index (χ2v) is 4.66. The fourth-order valence-corrected chi connectivity index (χ4v) is 2.66. The quantitative estimate of drug-likeness (QED) is 0.840. The lowest BCUT2D eigenvalue weighted by Crippen LogP contribution is -2.33. The summed E-state index contributed by atoms with van der Waals surface area (Å²) in [6, 6.07) is 6.01. The van der Waals surface area contributed by atoms with Gasteiger partial charge in [0.05, 0.1) is 18.1 Å². The SMILES string of the molecule is COc1ccc2c(c1)[nH]c(=O)n2C1CCNCC1. The van der Waals surface area contributed by atoms with Crippen molar-refractivity contribution in [3.63, 3.8) is 0 Å². The maximum absolute atomic E-state index is 12.1. The van der Waals surface area contributed by atoms with Crippen LogP contribution in [0.15, 0.2) is 23.0 Å². The molecule has 1 saturated heterocycles. The zero-order chi connectivity index (χ0) is 12.5. The summed E-state index contributed by atoms with van der Waals surface area (Å²) in [6.07, 6.45) is 2.00. The first-order chi connectivity index (χ1) is 8.79. The largest absolute Gasteiger partial charge is 0.497 e. The lowest BCUT2D eigenvalue weighted by atomic mass is 10.1. The molecule has 0 unspecified atom stereocenters. The van der Waals surface area contributed by atoms with Crippen molar-refractivity contribution in [2.45, 2.75) is 18.9 Å². The predicted molar refractivity (Wildman–Crippen MR) is 70.3 cm³/mol. The summed E-state index contributed by atoms with van der Waals surface area (Å²) in [7, 11) is 1.63. The summed E-state index contributed by atoms with van der Waals surface area (Å²) < 4.78 is 7.06. The maximum atomic E-state index is 12.1. The van der Waals surface area contributed by atoms with Crippen LogP contribution in [0.5, 0.6) is 5.75 Å². The van der Waals surface area contributed by atoms with Crippen molar-refractivity contribution >= 4 is 11.0 Å². The van der Waals surface area contributed by atoms with E-state index in [9.17, 15) is 4.79 Å². The highest BCUT2D eigenvalue weighted by molar-refractivity contribution is 5.77. The third-order valence-corrected chi connectivity index (χ3v) is 3.60. The number of hydrogen-bond acceptors (Lipinski definition) is 3. The van der Waals surface area contributed by atoms with Crippen LogP contribution in [0.25, 0.3) is 11.0 Å². The van der Waals surface area contributed by atoms with Gasteiger partial charge in [0.2, 0.25) is 0 Å². The molecule has 0 atom stereocenters. The highest BCUT2D eigenvalue weighted by Crippen LogP contribution is 2.24. The first kappa shape index (κ1) is 11.3. The van der Waals surface area contributed by atoms with Crippen LogP contribution in [-0.4, -0.2) is 29.8 Å². The maximum Gasteiger partial charge on any atom is 0.326 e. The molecule has 5 nitrogen and oxygen atoms in total. The summed E-state index contributed by atoms with van der Waals surface area (Å²) >= 11 is 0. The average molecular weight is 247 g/mol. The Morgan fingerprint density at radius 2 is 2.11 bits per heavy atom. The van der Waals surface area contributed by atoms with E-state index in [2.05, 4.69) is 10.3 Å². The van der Waals surface area contributed by atoms with Crippen LogP contribution in [0.3, 0.4) is 0 Å². The molecule has 0 radical (unpaired) electrons. The Morgan fingerprint density at radius 1 is 1.33 bits per heavy atom. The Kier molecular flexibility index (Phi) is 2.83. The van der Waals surface area contributed by atoms with Crippen LogP contribution in [0, 0.1) is 0 Å². The summed E-state index contributed by atoms with van der Waals surface area (Å²) in [6.45, 7) is 1.94. The molecule has 2 N–H and O–H groups in total. The number of benzene rings is 1. The number of aromatic nitrogens is 2. The van der Waals surface area contributed by atoms with Gasteiger partial charge in [-0.2, -0.15) is 0 Å². The predicted octanol–water partition coefficient (Wildman–Crippen LogP) is 1.26. The van der Waals surface area contributed by atoms with Crippen molar-refractivity contribution in [2.75, 3.05) is 20.2 Å². The van der Waals surface area contributed by atoms with Gasteiger partial charge < -0.3 is 15.0 Å². The van der Waals surface area contributed by atoms with Gasteiger partial charge in [-0.25, -0.2) is 4.79 Å². The summed E-state index contributed by atoms with van der Waals surface area (Å²) in [5, 5.41) is 3.32. The minimum atomic E-state index is -0.0230. The molecule has 0 bridgehead atoms. The zero-order valence-electron chi connectivity index (χ0n) is 10.4. The number of ether oxygens (including phenoxy) is 1. The molecule has 18 heavy (non-hydrogen) atoms. The van der Waals surface area contributed by atoms with E-state index in [4.69, 9.17) is 4.74 Å². The second-order valence-electron chi connectivity index (χ2n) is 4.66. The van der Waals surface area contributed by atoms with E-state index < -0.39 is 0 Å². The van der Waals surface area contributed by atoms with E-state index in [-0.39, 0.29) is 5.69 Å². The van der Waals surface area contributed by atoms with Crippen molar-refractivity contribution in [3.8, 4) is 5.75 Å². The monoisotopic (exact) mass is 247 g/mol. The van der Waals surface area contributed by atoms with Gasteiger partial charge in [0.25, 0.3) is 0 Å². The number of hydrogen-bond donors (Lipinski definition) is 2. The molecule has 1 aromatic carbocycles. The first-order valence-electron chi connectivity index (χ1n) is 6.28. The van der Waals surface area contributed by atoms with Gasteiger partial charge in [0.15, 0.2) is 0 Å². The molecule has 3 rings (SSSR count). The van der Waals surface area contributed by atoms with Crippen LogP contribution in [0.2, 0.25) is 0 Å². The van der Waals surface area contributed by atoms with E-state index in [0.29, 0.717) is 6.04 Å². The van der Waals surface area contributed by atoms with Crippen molar-refractivity contribution < 1.29 is 4.74 Å². The van der Waals surface area contributed by atoms with Gasteiger partial charge in [-0.1, -0.05) is 0 Å². The van der Waals surface area contributed by atoms with E-state index in [0.717, 1.165) is 42.7 Å². The number of aromatic amines is 1. The lowest BCUT2D eigenvalue weighted by molar-refractivity contribution is 0.368. The molecule has 1 aliphatic heterocycles. The van der Waals surface area contributed by atoms with Crippen molar-refractivity contribution in [3.05, 3.63) is 28.7 Å². The number of piperidine rings is 1. The van der Waals surface area contributed by atoms with Gasteiger partial charge in [0.1, 0.15) is 5.75 Å². The highest BCUT2D eigenvalue weighted by Gasteiger charge is 2.19. The molecule has 0 spiro atoms. The highest BCUT2D eigenvalue weighted by atomic mass is 16.5. The van der Waals surface area contributed by atoms with Crippen molar-refractivity contribution in [1.82, 2.24) is 14.9 Å². The minimum absolute atomic E-state index is 0.0230. The standard InChI is InChI=1S/C13H17N3O2/c1-18-10-2-3-12-11(8-10)15-13(17)16(12)9-4-6-14-7-5-9/h2-3,8-9,14H,4-7H2,1H3,(H,15,17). The van der Waals surface area contributed by atoms with Crippen LogP contribution < -0.4 is 15.7 Å². The van der Waals surface area contributed by atoms with E-state index in [1.807, 2.05) is 22.8 Å². The number of methoxy groups -OCH3 is 1. The number of H-pyrrole nitrogens is 1. The number of imidazole rings is 1. The van der Waals surface area contributed by atoms with Crippen molar-refractivity contribution in [1.29, 1.82) is 0 Å². The van der Waals surface area contributed by atoms with Crippen LogP contribution in [0.1, 0.15) is 18.9 Å². The minimum Gasteiger partial charge on any atom is -0.497 e. The Morgan fingerprint density at radius 3 is 2.83 bits per heavy atom. The van der Waals surface area contributed by atoms with E-state index in [1.165, 1.54) is 0 Å². The molecular weight excluding hydrogens is 230 g/mol. The molecule has 1 aromatic heterocycles. The Bertz CT molecular complexity index is 608. The molecule has 0 saturated carbocycles. The smallest absolute Gasteiger partial charge is 0.326 e. The first-order valence-corrected chi connectivity index (χ1v) is 6.28. The Labute approximate surface area is 105 Å². The lowest BCUT2D eigenvalue weighted by Gasteiger charge is -2.23. The van der Waals surface area contributed by atoms with Gasteiger partial charge in [0, 0.05) is 12.1 Å². The van der Waals surface area contributed by atoms with Gasteiger partial charge >= 0.3 is 5.69 Å². The topological polar surface area (TPSA) is 59.1 Å². The molecular formula is C13H17N3O2. The average Bonchev–Trinajstić information content (AvgIpc) is 2.74. The zero-order valence-corrected chi connectivity index (χ0v) is 10.4. The number of rotatable bonds is 2. The van der Waals surface area contributed by atoms with Crippen LogP contribution in [0.4, 0.5) is 0 Å². The van der Waals surface area contributed by atoms with Crippen LogP contribution in [-0.2, 0) is 0 Å². The summed E-state index contributed by atoms with van der Waals surface area (Å²) in [4.78, 5) is 15.0. The Hall–Kier alpha value is -1.75. The summed E-state index contributed by atoms with van der Waals surface area (Å²) in [5.74, 6) is 0.765. The molecule has 1 aliphatic rings. The van der Waals surface area contributed by atoms with Crippen LogP contribution >= 0.6 is 0 Å². The Balaban J connectivity index is 2.10. The van der Waals surface area contributed by atoms with Crippen molar-refractivity contribution in [2.24, 2.45) is 0 Å². The molecule has 2 aromatic rings. The molecule has 0 amide bonds.